The molecule has 0 amide bonds. The molecule has 5 nitrogen and oxygen atoms in total. The molecule has 0 fully saturated rings. The van der Waals surface area contributed by atoms with E-state index in [2.05, 4.69) is 15.0 Å². The van der Waals surface area contributed by atoms with Crippen LogP contribution in [-0.2, 0) is 9.68 Å². The van der Waals surface area contributed by atoms with E-state index in [1.165, 1.54) is 12.4 Å². The Bertz CT molecular complexity index is 220. The Morgan fingerprint density at radius 2 is 2.55 bits per heavy atom. The van der Waals surface area contributed by atoms with E-state index in [0.29, 0.717) is 0 Å². The van der Waals surface area contributed by atoms with E-state index in [0.717, 1.165) is 4.85 Å². The van der Waals surface area contributed by atoms with Crippen molar-refractivity contribution < 1.29 is 14.7 Å². The van der Waals surface area contributed by atoms with Gasteiger partial charge in [-0.1, -0.05) is 11.8 Å². The molecule has 0 atom stereocenters. The Balaban J connectivity index is 2.29. The first-order valence-corrected chi connectivity index (χ1v) is 3.20. The highest BCUT2D eigenvalue weighted by atomic mass is 17.3. The zero-order chi connectivity index (χ0) is 8.10. The number of carbonyl (C=O) groups excluding carboxylic acids is 1. The number of hydrogen-bond donors (Lipinski definition) is 0. The van der Waals surface area contributed by atoms with Gasteiger partial charge in [0.2, 0.25) is 0 Å². The minimum absolute atomic E-state index is 0.279. The number of carbonyl (C=O) groups is 1. The first-order chi connectivity index (χ1) is 5.33. The molecule has 0 unspecified atom stereocenters. The lowest BCUT2D eigenvalue weighted by atomic mass is 10.5. The third-order valence-electron chi connectivity index (χ3n) is 0.975. The molecule has 0 aromatic carbocycles. The van der Waals surface area contributed by atoms with Crippen LogP contribution in [0.3, 0.4) is 0 Å². The monoisotopic (exact) mass is 156 g/mol. The maximum absolute atomic E-state index is 10.5. The quantitative estimate of drug-likeness (QED) is 0.462. The molecule has 1 rings (SSSR count). The van der Waals surface area contributed by atoms with Gasteiger partial charge in [-0.2, -0.15) is 4.99 Å². The molecule has 0 aliphatic carbocycles. The average Bonchev–Trinajstić information content (AvgIpc) is 2.52. The van der Waals surface area contributed by atoms with Crippen LogP contribution in [0.4, 0.5) is 0 Å². The Labute approximate surface area is 63.4 Å². The van der Waals surface area contributed by atoms with Gasteiger partial charge in [0, 0.05) is 6.42 Å². The van der Waals surface area contributed by atoms with Gasteiger partial charge in [-0.3, -0.25) is 0 Å². The van der Waals surface area contributed by atoms with Crippen molar-refractivity contribution in [2.75, 3.05) is 0 Å². The molecule has 0 aliphatic heterocycles. The summed E-state index contributed by atoms with van der Waals surface area (Å²) in [5.74, 6) is -0.430. The molecule has 0 saturated carbocycles. The smallest absolute Gasteiger partial charge is 0.247 e. The molecule has 0 saturated heterocycles. The van der Waals surface area contributed by atoms with E-state index in [-0.39, 0.29) is 6.42 Å². The van der Waals surface area contributed by atoms with Crippen molar-refractivity contribution in [2.24, 2.45) is 0 Å². The van der Waals surface area contributed by atoms with E-state index >= 15 is 0 Å². The van der Waals surface area contributed by atoms with Gasteiger partial charge in [0.05, 0.1) is 12.4 Å². The lowest BCUT2D eigenvalue weighted by molar-refractivity contribution is -0.278. The van der Waals surface area contributed by atoms with Crippen LogP contribution in [0.15, 0.2) is 18.5 Å². The van der Waals surface area contributed by atoms with E-state index in [1.54, 1.807) is 13.0 Å². The van der Waals surface area contributed by atoms with Crippen LogP contribution < -0.4 is 4.99 Å². The second-order valence-electron chi connectivity index (χ2n) is 1.79. The summed E-state index contributed by atoms with van der Waals surface area (Å²) in [6, 6.07) is 1.65. The number of nitrogens with zero attached hydrogens (tertiary/aromatic N) is 2. The zero-order valence-corrected chi connectivity index (χ0v) is 6.06. The zero-order valence-electron chi connectivity index (χ0n) is 6.06. The lowest BCUT2D eigenvalue weighted by Crippen LogP contribution is -2.16. The first-order valence-electron chi connectivity index (χ1n) is 3.20. The highest BCUT2D eigenvalue weighted by molar-refractivity contribution is 5.68. The van der Waals surface area contributed by atoms with Crippen LogP contribution in [-0.4, -0.2) is 15.9 Å². The average molecular weight is 156 g/mol. The summed E-state index contributed by atoms with van der Waals surface area (Å²) >= 11 is 0. The van der Waals surface area contributed by atoms with E-state index in [4.69, 9.17) is 0 Å². The maximum Gasteiger partial charge on any atom is 0.357 e. The molecule has 60 valence electrons. The van der Waals surface area contributed by atoms with Crippen LogP contribution in [0.25, 0.3) is 0 Å². The van der Waals surface area contributed by atoms with Crippen LogP contribution in [0.1, 0.15) is 13.3 Å². The van der Waals surface area contributed by atoms with Gasteiger partial charge in [0.1, 0.15) is 0 Å². The van der Waals surface area contributed by atoms with Gasteiger partial charge in [0.25, 0.3) is 0 Å². The minimum Gasteiger partial charge on any atom is -0.247 e. The normalized spacial score (nSPS) is 9.18. The van der Waals surface area contributed by atoms with Crippen LogP contribution in [0.5, 0.6) is 0 Å². The first kappa shape index (κ1) is 7.59. The molecule has 1 aromatic heterocycles. The summed E-state index contributed by atoms with van der Waals surface area (Å²) < 4.78 is 0. The fraction of sp³-hybridized carbons (Fsp3) is 0.333. The van der Waals surface area contributed by atoms with Gasteiger partial charge in [-0.15, -0.1) is 5.10 Å². The summed E-state index contributed by atoms with van der Waals surface area (Å²) in [5, 5.41) is 3.64. The summed E-state index contributed by atoms with van der Waals surface area (Å²) in [7, 11) is 0. The van der Waals surface area contributed by atoms with Gasteiger partial charge in [-0.05, 0) is 6.07 Å². The number of hydrogen-bond acceptors (Lipinski definition) is 4. The van der Waals surface area contributed by atoms with Crippen molar-refractivity contribution >= 4 is 5.97 Å². The topological polar surface area (TPSA) is 53.4 Å². The molecule has 0 aliphatic rings. The second-order valence-corrected chi connectivity index (χ2v) is 1.79. The molecule has 1 heterocycles. The van der Waals surface area contributed by atoms with Crippen molar-refractivity contribution in [2.45, 2.75) is 13.3 Å². The third-order valence-corrected chi connectivity index (χ3v) is 0.975. The van der Waals surface area contributed by atoms with Gasteiger partial charge in [0.15, 0.2) is 0 Å². The predicted octanol–water partition coefficient (Wildman–Crippen LogP) is 0.180. The minimum atomic E-state index is -0.430. The maximum atomic E-state index is 10.5. The summed E-state index contributed by atoms with van der Waals surface area (Å²) in [6.07, 6.45) is 3.31. The summed E-state index contributed by atoms with van der Waals surface area (Å²) in [5.41, 5.74) is 0. The van der Waals surface area contributed by atoms with Crippen molar-refractivity contribution in [3.8, 4) is 0 Å². The molecule has 0 N–H and O–H groups in total. The van der Waals surface area contributed by atoms with Crippen LogP contribution in [0, 0.1) is 0 Å². The molecule has 0 bridgehead atoms. The fourth-order valence-corrected chi connectivity index (χ4v) is 0.438. The number of rotatable bonds is 3. The van der Waals surface area contributed by atoms with Crippen molar-refractivity contribution in [3.63, 3.8) is 0 Å². The molecule has 5 heteroatoms. The highest BCUT2D eigenvalue weighted by Gasteiger charge is 1.99. The predicted molar refractivity (Wildman–Crippen MR) is 35.2 cm³/mol. The molecular weight excluding hydrogens is 148 g/mol. The second kappa shape index (κ2) is 3.60. The standard InChI is InChI=1S/C6H8N2O3/c1-2-6(9)10-11-8-5-3-4-7-8/h3-5H,2H2,1H3. The van der Waals surface area contributed by atoms with Crippen LogP contribution in [0.2, 0.25) is 0 Å². The van der Waals surface area contributed by atoms with Gasteiger partial charge >= 0.3 is 5.97 Å². The molecular formula is C6H8N2O3. The van der Waals surface area contributed by atoms with Crippen LogP contribution >= 0.6 is 0 Å². The molecule has 0 spiro atoms. The van der Waals surface area contributed by atoms with Crippen molar-refractivity contribution in [1.29, 1.82) is 0 Å². The van der Waals surface area contributed by atoms with E-state index < -0.39 is 5.97 Å². The molecule has 1 aromatic rings. The SMILES string of the molecule is CCC(=O)OOn1cccn1. The van der Waals surface area contributed by atoms with Gasteiger partial charge < -0.3 is 0 Å². The highest BCUT2D eigenvalue weighted by Crippen LogP contribution is 1.84. The Kier molecular flexibility index (Phi) is 2.48. The largest absolute Gasteiger partial charge is 0.357 e. The summed E-state index contributed by atoms with van der Waals surface area (Å²) in [4.78, 5) is 20.3. The van der Waals surface area contributed by atoms with Gasteiger partial charge in [-0.25, -0.2) is 9.68 Å². The van der Waals surface area contributed by atoms with Crippen molar-refractivity contribution in [1.82, 2.24) is 9.94 Å². The van der Waals surface area contributed by atoms with E-state index in [1.807, 2.05) is 0 Å². The fourth-order valence-electron chi connectivity index (χ4n) is 0.438. The van der Waals surface area contributed by atoms with E-state index in [9.17, 15) is 4.79 Å². The Morgan fingerprint density at radius 1 is 1.73 bits per heavy atom. The molecule has 11 heavy (non-hydrogen) atoms. The Hall–Kier alpha value is -1.52. The molecule has 0 radical (unpaired) electrons. The summed E-state index contributed by atoms with van der Waals surface area (Å²) in [6.45, 7) is 1.68. The third kappa shape index (κ3) is 2.29. The number of aromatic nitrogens is 2. The van der Waals surface area contributed by atoms with Crippen molar-refractivity contribution in [3.05, 3.63) is 18.5 Å². The Morgan fingerprint density at radius 3 is 3.09 bits per heavy atom. The lowest BCUT2D eigenvalue weighted by Gasteiger charge is -1.99.